The van der Waals surface area contributed by atoms with E-state index >= 15 is 0 Å². The quantitative estimate of drug-likeness (QED) is 0.850. The minimum atomic E-state index is 0.238. The van der Waals surface area contributed by atoms with Gasteiger partial charge in [0.1, 0.15) is 0 Å². The molecule has 2 aromatic rings. The van der Waals surface area contributed by atoms with Crippen LogP contribution in [-0.2, 0) is 0 Å². The summed E-state index contributed by atoms with van der Waals surface area (Å²) < 4.78 is 2.10. The van der Waals surface area contributed by atoms with Gasteiger partial charge in [-0.3, -0.25) is 0 Å². The first-order valence-corrected chi connectivity index (χ1v) is 7.60. The number of hydrogen-bond donors (Lipinski definition) is 1. The van der Waals surface area contributed by atoms with E-state index in [4.69, 9.17) is 28.9 Å². The molecule has 0 radical (unpaired) electrons. The van der Waals surface area contributed by atoms with Crippen molar-refractivity contribution in [2.24, 2.45) is 5.73 Å². The summed E-state index contributed by atoms with van der Waals surface area (Å²) in [5.74, 6) is 0. The van der Waals surface area contributed by atoms with Gasteiger partial charge < -0.3 is 10.3 Å². The molecule has 108 valence electrons. The van der Waals surface area contributed by atoms with Crippen LogP contribution in [0.5, 0.6) is 0 Å². The van der Waals surface area contributed by atoms with E-state index in [1.165, 1.54) is 0 Å². The van der Waals surface area contributed by atoms with Crippen molar-refractivity contribution in [2.75, 3.05) is 6.54 Å². The van der Waals surface area contributed by atoms with Crippen LogP contribution in [0.25, 0.3) is 11.3 Å². The molecule has 3 nitrogen and oxygen atoms in total. The number of imidazole rings is 1. The second-order valence-electron chi connectivity index (χ2n) is 4.84. The van der Waals surface area contributed by atoms with Crippen LogP contribution in [0.15, 0.2) is 30.7 Å². The molecule has 0 aliphatic carbocycles. The lowest BCUT2D eigenvalue weighted by molar-refractivity contribution is 0.461. The smallest absolute Gasteiger partial charge is 0.0954 e. The summed E-state index contributed by atoms with van der Waals surface area (Å²) >= 11 is 12.4. The maximum Gasteiger partial charge on any atom is 0.0954 e. The first-order valence-electron chi connectivity index (χ1n) is 6.84. The van der Waals surface area contributed by atoms with Crippen molar-refractivity contribution in [1.29, 1.82) is 0 Å². The van der Waals surface area contributed by atoms with Crippen molar-refractivity contribution in [1.82, 2.24) is 9.55 Å². The van der Waals surface area contributed by atoms with Crippen molar-refractivity contribution in [3.05, 3.63) is 40.8 Å². The number of nitrogens with zero attached hydrogens (tertiary/aromatic N) is 2. The number of hydrogen-bond acceptors (Lipinski definition) is 2. The van der Waals surface area contributed by atoms with Crippen LogP contribution in [0.3, 0.4) is 0 Å². The summed E-state index contributed by atoms with van der Waals surface area (Å²) in [5.41, 5.74) is 7.77. The number of nitrogens with two attached hydrogens (primary N) is 1. The standard InChI is InChI=1S/C15H19Cl2N3/c1-2-3-4-12(8-18)20-10-19-9-15(20)13-7-11(16)5-6-14(13)17/h5-7,9-10,12H,2-4,8,18H2,1H3. The Morgan fingerprint density at radius 1 is 1.35 bits per heavy atom. The van der Waals surface area contributed by atoms with E-state index in [2.05, 4.69) is 16.5 Å². The Hall–Kier alpha value is -1.03. The average molecular weight is 312 g/mol. The summed E-state index contributed by atoms with van der Waals surface area (Å²) in [6.45, 7) is 2.76. The normalized spacial score (nSPS) is 12.6. The van der Waals surface area contributed by atoms with Gasteiger partial charge in [-0.15, -0.1) is 0 Å². The zero-order valence-corrected chi connectivity index (χ0v) is 13.0. The van der Waals surface area contributed by atoms with Crippen LogP contribution in [-0.4, -0.2) is 16.1 Å². The van der Waals surface area contributed by atoms with E-state index < -0.39 is 0 Å². The Kier molecular flexibility index (Phi) is 5.46. The van der Waals surface area contributed by atoms with Crippen molar-refractivity contribution in [3.8, 4) is 11.3 Å². The molecule has 0 saturated heterocycles. The van der Waals surface area contributed by atoms with E-state index in [0.717, 1.165) is 30.5 Å². The van der Waals surface area contributed by atoms with Crippen LogP contribution in [0.2, 0.25) is 10.0 Å². The first kappa shape index (κ1) is 15.4. The molecular formula is C15H19Cl2N3. The minimum Gasteiger partial charge on any atom is -0.328 e. The molecule has 0 spiro atoms. The monoisotopic (exact) mass is 311 g/mol. The topological polar surface area (TPSA) is 43.8 Å². The maximum absolute atomic E-state index is 6.28. The number of unbranched alkanes of at least 4 members (excludes halogenated alkanes) is 1. The molecule has 1 atom stereocenters. The number of rotatable bonds is 6. The molecule has 5 heteroatoms. The molecule has 0 fully saturated rings. The SMILES string of the molecule is CCCCC(CN)n1cncc1-c1cc(Cl)ccc1Cl. The van der Waals surface area contributed by atoms with Gasteiger partial charge in [-0.1, -0.05) is 43.0 Å². The van der Waals surface area contributed by atoms with Crippen LogP contribution >= 0.6 is 23.2 Å². The average Bonchev–Trinajstić information content (AvgIpc) is 2.91. The van der Waals surface area contributed by atoms with Gasteiger partial charge in [0.25, 0.3) is 0 Å². The Morgan fingerprint density at radius 3 is 2.85 bits per heavy atom. The Morgan fingerprint density at radius 2 is 2.15 bits per heavy atom. The van der Waals surface area contributed by atoms with Gasteiger partial charge in [-0.2, -0.15) is 0 Å². The molecule has 1 aromatic carbocycles. The zero-order chi connectivity index (χ0) is 14.5. The maximum atomic E-state index is 6.28. The van der Waals surface area contributed by atoms with Gasteiger partial charge >= 0.3 is 0 Å². The molecule has 0 bridgehead atoms. The van der Waals surface area contributed by atoms with Crippen LogP contribution < -0.4 is 5.73 Å². The van der Waals surface area contributed by atoms with Gasteiger partial charge in [0, 0.05) is 23.2 Å². The largest absolute Gasteiger partial charge is 0.328 e. The molecule has 0 aliphatic heterocycles. The third-order valence-electron chi connectivity index (χ3n) is 3.43. The molecule has 2 N–H and O–H groups in total. The molecule has 0 aliphatic rings. The van der Waals surface area contributed by atoms with E-state index in [-0.39, 0.29) is 6.04 Å². The van der Waals surface area contributed by atoms with E-state index in [1.807, 2.05) is 18.6 Å². The van der Waals surface area contributed by atoms with Gasteiger partial charge in [0.2, 0.25) is 0 Å². The van der Waals surface area contributed by atoms with Gasteiger partial charge in [-0.05, 0) is 24.6 Å². The molecule has 2 rings (SSSR count). The summed E-state index contributed by atoms with van der Waals surface area (Å²) in [7, 11) is 0. The number of benzene rings is 1. The Bertz CT molecular complexity index is 566. The van der Waals surface area contributed by atoms with Crippen molar-refractivity contribution in [2.45, 2.75) is 32.2 Å². The highest BCUT2D eigenvalue weighted by Gasteiger charge is 2.15. The van der Waals surface area contributed by atoms with Crippen LogP contribution in [0.1, 0.15) is 32.2 Å². The van der Waals surface area contributed by atoms with E-state index in [1.54, 1.807) is 12.1 Å². The summed E-state index contributed by atoms with van der Waals surface area (Å²) in [4.78, 5) is 4.25. The molecule has 0 saturated carbocycles. The Balaban J connectivity index is 2.38. The van der Waals surface area contributed by atoms with E-state index in [0.29, 0.717) is 16.6 Å². The highest BCUT2D eigenvalue weighted by atomic mass is 35.5. The number of halogens is 2. The highest BCUT2D eigenvalue weighted by Crippen LogP contribution is 2.32. The molecule has 1 heterocycles. The first-order chi connectivity index (χ1) is 9.67. The lowest BCUT2D eigenvalue weighted by Gasteiger charge is -2.19. The Labute approximate surface area is 129 Å². The van der Waals surface area contributed by atoms with Gasteiger partial charge in [0.15, 0.2) is 0 Å². The van der Waals surface area contributed by atoms with E-state index in [9.17, 15) is 0 Å². The van der Waals surface area contributed by atoms with Crippen molar-refractivity contribution < 1.29 is 0 Å². The molecule has 0 amide bonds. The summed E-state index contributed by atoms with van der Waals surface area (Å²) in [6.07, 6.45) is 6.96. The molecular weight excluding hydrogens is 293 g/mol. The van der Waals surface area contributed by atoms with Crippen LogP contribution in [0.4, 0.5) is 0 Å². The third-order valence-corrected chi connectivity index (χ3v) is 3.99. The molecule has 1 aromatic heterocycles. The fourth-order valence-electron chi connectivity index (χ4n) is 2.31. The lowest BCUT2D eigenvalue weighted by Crippen LogP contribution is -2.19. The second-order valence-corrected chi connectivity index (χ2v) is 5.69. The highest BCUT2D eigenvalue weighted by molar-refractivity contribution is 6.35. The summed E-state index contributed by atoms with van der Waals surface area (Å²) in [5, 5.41) is 1.33. The number of aromatic nitrogens is 2. The molecule has 20 heavy (non-hydrogen) atoms. The fraction of sp³-hybridized carbons (Fsp3) is 0.400. The zero-order valence-electron chi connectivity index (χ0n) is 11.5. The summed E-state index contributed by atoms with van der Waals surface area (Å²) in [6, 6.07) is 5.69. The lowest BCUT2D eigenvalue weighted by atomic mass is 10.1. The van der Waals surface area contributed by atoms with Crippen LogP contribution in [0, 0.1) is 0 Å². The predicted molar refractivity (Wildman–Crippen MR) is 85.3 cm³/mol. The predicted octanol–water partition coefficient (Wildman–Crippen LogP) is 4.55. The van der Waals surface area contributed by atoms with Crippen molar-refractivity contribution >= 4 is 23.2 Å². The molecule has 1 unspecified atom stereocenters. The second kappa shape index (κ2) is 7.11. The van der Waals surface area contributed by atoms with Gasteiger partial charge in [0.05, 0.1) is 23.2 Å². The fourth-order valence-corrected chi connectivity index (χ4v) is 2.69. The third kappa shape index (κ3) is 3.35. The van der Waals surface area contributed by atoms with Gasteiger partial charge in [-0.25, -0.2) is 4.98 Å². The minimum absolute atomic E-state index is 0.238. The van der Waals surface area contributed by atoms with Crippen molar-refractivity contribution in [3.63, 3.8) is 0 Å².